The summed E-state index contributed by atoms with van der Waals surface area (Å²) in [6.07, 6.45) is 6.00. The first-order valence-electron chi connectivity index (χ1n) is 7.67. The molecular formula is C15H32N2O. The second-order valence-corrected chi connectivity index (χ2v) is 6.13. The molecule has 1 fully saturated rings. The summed E-state index contributed by atoms with van der Waals surface area (Å²) in [7, 11) is 0. The lowest BCUT2D eigenvalue weighted by Gasteiger charge is -2.32. The van der Waals surface area contributed by atoms with Crippen molar-refractivity contribution in [3.05, 3.63) is 0 Å². The second kappa shape index (κ2) is 7.46. The van der Waals surface area contributed by atoms with Crippen molar-refractivity contribution in [2.75, 3.05) is 19.7 Å². The molecule has 108 valence electrons. The standard InChI is InChI=1S/C15H32N2O/c1-5-13(3)17(6-2)11-7-10-15(4,12-18)16-14-8-9-14/h13-14,16,18H,5-12H2,1-4H3. The van der Waals surface area contributed by atoms with Crippen LogP contribution >= 0.6 is 0 Å². The fourth-order valence-corrected chi connectivity index (χ4v) is 2.54. The lowest BCUT2D eigenvalue weighted by molar-refractivity contribution is 0.148. The maximum absolute atomic E-state index is 9.56. The summed E-state index contributed by atoms with van der Waals surface area (Å²) in [5, 5.41) is 13.1. The van der Waals surface area contributed by atoms with Gasteiger partial charge in [-0.15, -0.1) is 0 Å². The number of nitrogens with one attached hydrogen (secondary N) is 1. The molecule has 2 N–H and O–H groups in total. The molecule has 0 radical (unpaired) electrons. The van der Waals surface area contributed by atoms with Crippen molar-refractivity contribution in [3.8, 4) is 0 Å². The van der Waals surface area contributed by atoms with Gasteiger partial charge in [-0.05, 0) is 59.0 Å². The highest BCUT2D eigenvalue weighted by Crippen LogP contribution is 2.24. The molecule has 0 aromatic heterocycles. The molecule has 2 atom stereocenters. The van der Waals surface area contributed by atoms with Gasteiger partial charge in [0.15, 0.2) is 0 Å². The zero-order valence-corrected chi connectivity index (χ0v) is 12.7. The van der Waals surface area contributed by atoms with E-state index in [4.69, 9.17) is 0 Å². The van der Waals surface area contributed by atoms with Crippen molar-refractivity contribution in [2.45, 2.75) is 77.4 Å². The molecule has 18 heavy (non-hydrogen) atoms. The molecule has 1 rings (SSSR count). The minimum absolute atomic E-state index is 0.0734. The van der Waals surface area contributed by atoms with Crippen LogP contribution in [-0.2, 0) is 0 Å². The van der Waals surface area contributed by atoms with Crippen LogP contribution in [0.3, 0.4) is 0 Å². The zero-order valence-electron chi connectivity index (χ0n) is 12.7. The van der Waals surface area contributed by atoms with Crippen LogP contribution in [0.1, 0.15) is 59.8 Å². The molecule has 0 aliphatic heterocycles. The van der Waals surface area contributed by atoms with E-state index in [-0.39, 0.29) is 12.1 Å². The molecule has 0 saturated heterocycles. The van der Waals surface area contributed by atoms with Gasteiger partial charge in [0.25, 0.3) is 0 Å². The van der Waals surface area contributed by atoms with Crippen molar-refractivity contribution < 1.29 is 5.11 Å². The van der Waals surface area contributed by atoms with E-state index in [9.17, 15) is 5.11 Å². The van der Waals surface area contributed by atoms with Crippen molar-refractivity contribution >= 4 is 0 Å². The topological polar surface area (TPSA) is 35.5 Å². The van der Waals surface area contributed by atoms with E-state index in [0.717, 1.165) is 25.9 Å². The smallest absolute Gasteiger partial charge is 0.0610 e. The second-order valence-electron chi connectivity index (χ2n) is 6.13. The number of rotatable bonds is 10. The summed E-state index contributed by atoms with van der Waals surface area (Å²) in [6.45, 7) is 11.5. The number of hydrogen-bond acceptors (Lipinski definition) is 3. The Hall–Kier alpha value is -0.120. The SMILES string of the molecule is CCC(C)N(CC)CCCC(C)(CO)NC1CC1. The Bertz CT molecular complexity index is 231. The number of hydrogen-bond donors (Lipinski definition) is 2. The van der Waals surface area contributed by atoms with Gasteiger partial charge in [0.05, 0.1) is 6.61 Å². The Morgan fingerprint density at radius 3 is 2.50 bits per heavy atom. The molecule has 0 amide bonds. The summed E-state index contributed by atoms with van der Waals surface area (Å²) in [4.78, 5) is 2.54. The summed E-state index contributed by atoms with van der Waals surface area (Å²) in [5.41, 5.74) is -0.0734. The number of aliphatic hydroxyl groups excluding tert-OH is 1. The van der Waals surface area contributed by atoms with Crippen LogP contribution in [0.5, 0.6) is 0 Å². The van der Waals surface area contributed by atoms with Crippen LogP contribution in [-0.4, -0.2) is 47.3 Å². The van der Waals surface area contributed by atoms with E-state index < -0.39 is 0 Å². The van der Waals surface area contributed by atoms with Gasteiger partial charge in [-0.1, -0.05) is 13.8 Å². The zero-order chi connectivity index (χ0) is 13.6. The Balaban J connectivity index is 2.28. The molecule has 0 aromatic carbocycles. The average Bonchev–Trinajstić information content (AvgIpc) is 3.17. The van der Waals surface area contributed by atoms with Crippen LogP contribution in [0.15, 0.2) is 0 Å². The summed E-state index contributed by atoms with van der Waals surface area (Å²) >= 11 is 0. The predicted molar refractivity (Wildman–Crippen MR) is 77.9 cm³/mol. The van der Waals surface area contributed by atoms with Gasteiger partial charge in [-0.3, -0.25) is 0 Å². The number of aliphatic hydroxyl groups is 1. The molecule has 0 aromatic rings. The molecule has 1 aliphatic rings. The number of nitrogens with zero attached hydrogens (tertiary/aromatic N) is 1. The molecule has 2 unspecified atom stereocenters. The molecular weight excluding hydrogens is 224 g/mol. The van der Waals surface area contributed by atoms with Crippen LogP contribution in [0.25, 0.3) is 0 Å². The van der Waals surface area contributed by atoms with Crippen LogP contribution < -0.4 is 5.32 Å². The quantitative estimate of drug-likeness (QED) is 0.630. The average molecular weight is 256 g/mol. The minimum atomic E-state index is -0.0734. The van der Waals surface area contributed by atoms with Crippen LogP contribution in [0, 0.1) is 0 Å². The third kappa shape index (κ3) is 5.25. The highest BCUT2D eigenvalue weighted by Gasteiger charge is 2.31. The monoisotopic (exact) mass is 256 g/mol. The normalized spacial score (nSPS) is 21.0. The molecule has 1 aliphatic carbocycles. The predicted octanol–water partition coefficient (Wildman–Crippen LogP) is 2.39. The van der Waals surface area contributed by atoms with Crippen LogP contribution in [0.4, 0.5) is 0 Å². The third-order valence-corrected chi connectivity index (χ3v) is 4.27. The van der Waals surface area contributed by atoms with Gasteiger partial charge in [-0.2, -0.15) is 0 Å². The first-order chi connectivity index (χ1) is 8.54. The molecule has 0 spiro atoms. The lowest BCUT2D eigenvalue weighted by atomic mass is 9.96. The highest BCUT2D eigenvalue weighted by atomic mass is 16.3. The summed E-state index contributed by atoms with van der Waals surface area (Å²) in [6, 6.07) is 1.34. The fourth-order valence-electron chi connectivity index (χ4n) is 2.54. The van der Waals surface area contributed by atoms with Crippen LogP contribution in [0.2, 0.25) is 0 Å². The first-order valence-corrected chi connectivity index (χ1v) is 7.67. The third-order valence-electron chi connectivity index (χ3n) is 4.27. The van der Waals surface area contributed by atoms with Gasteiger partial charge >= 0.3 is 0 Å². The molecule has 0 heterocycles. The maximum atomic E-state index is 9.56. The van der Waals surface area contributed by atoms with Crippen molar-refractivity contribution in [3.63, 3.8) is 0 Å². The molecule has 1 saturated carbocycles. The Morgan fingerprint density at radius 1 is 1.39 bits per heavy atom. The van der Waals surface area contributed by atoms with E-state index in [1.165, 1.54) is 19.3 Å². The van der Waals surface area contributed by atoms with E-state index >= 15 is 0 Å². The Kier molecular flexibility index (Phi) is 6.61. The molecule has 3 heteroatoms. The summed E-state index contributed by atoms with van der Waals surface area (Å²) in [5.74, 6) is 0. The van der Waals surface area contributed by atoms with Gasteiger partial charge in [0.2, 0.25) is 0 Å². The lowest BCUT2D eigenvalue weighted by Crippen LogP contribution is -2.47. The van der Waals surface area contributed by atoms with Gasteiger partial charge in [0.1, 0.15) is 0 Å². The van der Waals surface area contributed by atoms with Gasteiger partial charge in [-0.25, -0.2) is 0 Å². The summed E-state index contributed by atoms with van der Waals surface area (Å²) < 4.78 is 0. The van der Waals surface area contributed by atoms with Crippen molar-refractivity contribution in [1.29, 1.82) is 0 Å². The fraction of sp³-hybridized carbons (Fsp3) is 1.00. The van der Waals surface area contributed by atoms with E-state index in [1.807, 2.05) is 0 Å². The largest absolute Gasteiger partial charge is 0.394 e. The van der Waals surface area contributed by atoms with E-state index in [0.29, 0.717) is 12.1 Å². The van der Waals surface area contributed by atoms with Gasteiger partial charge in [0, 0.05) is 17.6 Å². The molecule has 3 nitrogen and oxygen atoms in total. The molecule has 0 bridgehead atoms. The Morgan fingerprint density at radius 2 is 2.06 bits per heavy atom. The van der Waals surface area contributed by atoms with E-state index in [2.05, 4.69) is 37.9 Å². The highest BCUT2D eigenvalue weighted by molar-refractivity contribution is 4.92. The maximum Gasteiger partial charge on any atom is 0.0610 e. The van der Waals surface area contributed by atoms with Crippen molar-refractivity contribution in [2.24, 2.45) is 0 Å². The Labute approximate surface area is 113 Å². The van der Waals surface area contributed by atoms with E-state index in [1.54, 1.807) is 0 Å². The minimum Gasteiger partial charge on any atom is -0.394 e. The van der Waals surface area contributed by atoms with Crippen molar-refractivity contribution in [1.82, 2.24) is 10.2 Å². The van der Waals surface area contributed by atoms with Gasteiger partial charge < -0.3 is 15.3 Å². The first kappa shape index (κ1) is 15.9.